The maximum absolute atomic E-state index is 13.0. The first-order valence-electron chi connectivity index (χ1n) is 12.9. The number of hydrogen-bond acceptors (Lipinski definition) is 3. The summed E-state index contributed by atoms with van der Waals surface area (Å²) in [6.07, 6.45) is 2.25. The first-order valence-corrected chi connectivity index (χ1v) is 12.9. The van der Waals surface area contributed by atoms with Crippen LogP contribution in [-0.4, -0.2) is 35.1 Å². The highest BCUT2D eigenvalue weighted by Crippen LogP contribution is 2.57. The summed E-state index contributed by atoms with van der Waals surface area (Å²) < 4.78 is 83.2. The van der Waals surface area contributed by atoms with E-state index in [1.54, 1.807) is 6.92 Å². The molecule has 3 aliphatic rings. The Hall–Kier alpha value is -2.03. The highest BCUT2D eigenvalue weighted by Gasteiger charge is 2.68. The van der Waals surface area contributed by atoms with Crippen LogP contribution in [0.25, 0.3) is 0 Å². The molecule has 3 unspecified atom stereocenters. The molecule has 37 heavy (non-hydrogen) atoms. The number of halogens is 6. The summed E-state index contributed by atoms with van der Waals surface area (Å²) in [6.45, 7) is 5.36. The van der Waals surface area contributed by atoms with E-state index in [1.807, 2.05) is 0 Å². The molecule has 0 spiro atoms. The van der Waals surface area contributed by atoms with E-state index in [2.05, 4.69) is 25.2 Å². The SMILES string of the molecule is CC(=O)OC1CCC/C(=C/C=C2\CCCC3(C)C([C@H](C)C/C=C\C(O)(C(F)(F)F)C(F)(F)F)=CCC23)C1. The average Bonchev–Trinajstić information content (AvgIpc) is 3.13. The summed E-state index contributed by atoms with van der Waals surface area (Å²) in [4.78, 5) is 11.3. The van der Waals surface area contributed by atoms with E-state index >= 15 is 0 Å². The minimum absolute atomic E-state index is 0.0384. The molecule has 1 N–H and O–H groups in total. The van der Waals surface area contributed by atoms with Crippen molar-refractivity contribution < 1.29 is 41.0 Å². The normalized spacial score (nSPS) is 30.5. The Morgan fingerprint density at radius 2 is 1.84 bits per heavy atom. The number of carbonyl (C=O) groups excluding carboxylic acids is 1. The highest BCUT2D eigenvalue weighted by molar-refractivity contribution is 5.66. The van der Waals surface area contributed by atoms with Crippen molar-refractivity contribution in [3.63, 3.8) is 0 Å². The van der Waals surface area contributed by atoms with Gasteiger partial charge in [0.25, 0.3) is 5.60 Å². The van der Waals surface area contributed by atoms with E-state index in [0.717, 1.165) is 63.0 Å². The van der Waals surface area contributed by atoms with Gasteiger partial charge in [0.2, 0.25) is 0 Å². The first-order chi connectivity index (χ1) is 17.1. The Morgan fingerprint density at radius 1 is 1.16 bits per heavy atom. The number of esters is 1. The van der Waals surface area contributed by atoms with E-state index in [1.165, 1.54) is 18.1 Å². The van der Waals surface area contributed by atoms with Crippen LogP contribution < -0.4 is 0 Å². The van der Waals surface area contributed by atoms with E-state index in [4.69, 9.17) is 4.74 Å². The molecule has 0 heterocycles. The third-order valence-electron chi connectivity index (χ3n) is 8.23. The van der Waals surface area contributed by atoms with Gasteiger partial charge in [-0.1, -0.05) is 54.9 Å². The number of fused-ring (bicyclic) bond motifs is 1. The summed E-state index contributed by atoms with van der Waals surface area (Å²) >= 11 is 0. The van der Waals surface area contributed by atoms with Crippen molar-refractivity contribution in [2.45, 2.75) is 103 Å². The third-order valence-corrected chi connectivity index (χ3v) is 8.23. The lowest BCUT2D eigenvalue weighted by molar-refractivity contribution is -0.347. The van der Waals surface area contributed by atoms with Crippen LogP contribution in [0, 0.1) is 17.3 Å². The predicted octanol–water partition coefficient (Wildman–Crippen LogP) is 7.92. The van der Waals surface area contributed by atoms with E-state index < -0.39 is 18.0 Å². The molecule has 0 aromatic carbocycles. The third kappa shape index (κ3) is 6.35. The van der Waals surface area contributed by atoms with Gasteiger partial charge in [0.15, 0.2) is 0 Å². The van der Waals surface area contributed by atoms with Gasteiger partial charge in [-0.15, -0.1) is 0 Å². The second-order valence-electron chi connectivity index (χ2n) is 10.9. The monoisotopic (exact) mass is 534 g/mol. The molecular weight excluding hydrogens is 498 g/mol. The van der Waals surface area contributed by atoms with E-state index in [-0.39, 0.29) is 41.8 Å². The van der Waals surface area contributed by atoms with Crippen LogP contribution in [0.3, 0.4) is 0 Å². The van der Waals surface area contributed by atoms with Crippen molar-refractivity contribution in [1.82, 2.24) is 0 Å². The molecule has 4 atom stereocenters. The molecule has 9 heteroatoms. The Labute approximate surface area is 214 Å². The number of ether oxygens (including phenoxy) is 1. The van der Waals surface area contributed by atoms with Crippen molar-refractivity contribution >= 4 is 5.97 Å². The fraction of sp³-hybridized carbons (Fsp3) is 0.679. The zero-order valence-electron chi connectivity index (χ0n) is 21.5. The van der Waals surface area contributed by atoms with Crippen LogP contribution in [0.4, 0.5) is 26.3 Å². The second-order valence-corrected chi connectivity index (χ2v) is 10.9. The van der Waals surface area contributed by atoms with Crippen LogP contribution >= 0.6 is 0 Å². The number of rotatable bonds is 6. The lowest BCUT2D eigenvalue weighted by atomic mass is 9.62. The fourth-order valence-corrected chi connectivity index (χ4v) is 6.30. The van der Waals surface area contributed by atoms with Gasteiger partial charge in [0.05, 0.1) is 0 Å². The van der Waals surface area contributed by atoms with Gasteiger partial charge in [-0.3, -0.25) is 4.79 Å². The molecule has 0 bridgehead atoms. The molecule has 3 aliphatic carbocycles. The standard InChI is InChI=1S/C28H36F6O3/c1-18(7-5-16-26(36,27(29,30)31)28(32,33)34)23-13-14-24-21(9-6-15-25(23,24)3)12-11-20-8-4-10-22(17-20)37-19(2)35/h5,11-13,16,18,22,24,36H,4,6-10,14-15,17H2,1-3H3/b16-5-,20-11-,21-12+/t18-,22?,24?,25?/m1/s1. The van der Waals surface area contributed by atoms with Crippen molar-refractivity contribution in [2.24, 2.45) is 17.3 Å². The second kappa shape index (κ2) is 11.0. The summed E-state index contributed by atoms with van der Waals surface area (Å²) in [7, 11) is 0. The van der Waals surface area contributed by atoms with Crippen molar-refractivity contribution in [2.75, 3.05) is 0 Å². The summed E-state index contributed by atoms with van der Waals surface area (Å²) in [5.41, 5.74) is -1.49. The van der Waals surface area contributed by atoms with E-state index in [0.29, 0.717) is 0 Å². The van der Waals surface area contributed by atoms with Crippen LogP contribution in [0.15, 0.2) is 47.1 Å². The minimum atomic E-state index is -5.86. The fourth-order valence-electron chi connectivity index (χ4n) is 6.30. The summed E-state index contributed by atoms with van der Waals surface area (Å²) in [5.74, 6) is -0.310. The van der Waals surface area contributed by atoms with E-state index in [9.17, 15) is 36.2 Å². The van der Waals surface area contributed by atoms with Crippen LogP contribution in [0.2, 0.25) is 0 Å². The quantitative estimate of drug-likeness (QED) is 0.214. The number of alkyl halides is 6. The van der Waals surface area contributed by atoms with Gasteiger partial charge in [-0.25, -0.2) is 0 Å². The Balaban J connectivity index is 1.71. The predicted molar refractivity (Wildman–Crippen MR) is 128 cm³/mol. The van der Waals surface area contributed by atoms with Gasteiger partial charge in [0, 0.05) is 13.3 Å². The van der Waals surface area contributed by atoms with Gasteiger partial charge in [-0.05, 0) is 74.7 Å². The van der Waals surface area contributed by atoms with Crippen LogP contribution in [0.1, 0.15) is 78.6 Å². The molecule has 0 amide bonds. The maximum Gasteiger partial charge on any atom is 0.429 e. The molecule has 208 valence electrons. The van der Waals surface area contributed by atoms with Gasteiger partial charge in [0.1, 0.15) is 6.10 Å². The zero-order valence-corrected chi connectivity index (χ0v) is 21.5. The van der Waals surface area contributed by atoms with Crippen molar-refractivity contribution in [3.8, 4) is 0 Å². The Morgan fingerprint density at radius 3 is 2.46 bits per heavy atom. The molecule has 0 saturated heterocycles. The summed E-state index contributed by atoms with van der Waals surface area (Å²) in [5, 5.41) is 9.37. The molecule has 0 aromatic rings. The molecule has 0 aromatic heterocycles. The topological polar surface area (TPSA) is 46.5 Å². The molecule has 2 saturated carbocycles. The van der Waals surface area contributed by atoms with Gasteiger partial charge < -0.3 is 9.84 Å². The molecule has 3 nitrogen and oxygen atoms in total. The number of allylic oxidation sites excluding steroid dienone is 6. The number of carbonyl (C=O) groups is 1. The largest absolute Gasteiger partial charge is 0.462 e. The lowest BCUT2D eigenvalue weighted by Crippen LogP contribution is -2.55. The lowest BCUT2D eigenvalue weighted by Gasteiger charge is -2.42. The molecule has 3 rings (SSSR count). The number of aliphatic hydroxyl groups is 1. The van der Waals surface area contributed by atoms with Gasteiger partial charge in [-0.2, -0.15) is 26.3 Å². The molecule has 0 aliphatic heterocycles. The summed E-state index contributed by atoms with van der Waals surface area (Å²) in [6, 6.07) is 0. The molecular formula is C28H36F6O3. The first kappa shape index (κ1) is 29.5. The average molecular weight is 535 g/mol. The Bertz CT molecular complexity index is 957. The van der Waals surface area contributed by atoms with Crippen molar-refractivity contribution in [1.29, 1.82) is 0 Å². The smallest absolute Gasteiger partial charge is 0.429 e. The highest BCUT2D eigenvalue weighted by atomic mass is 19.4. The van der Waals surface area contributed by atoms with Gasteiger partial charge >= 0.3 is 18.3 Å². The molecule has 2 fully saturated rings. The van der Waals surface area contributed by atoms with Crippen LogP contribution in [0.5, 0.6) is 0 Å². The number of hydrogen-bond donors (Lipinski definition) is 1. The zero-order chi connectivity index (χ0) is 27.6. The maximum atomic E-state index is 13.0. The minimum Gasteiger partial charge on any atom is -0.462 e. The Kier molecular flexibility index (Phi) is 8.77. The molecule has 0 radical (unpaired) electrons. The van der Waals surface area contributed by atoms with Crippen molar-refractivity contribution in [3.05, 3.63) is 47.1 Å². The van der Waals surface area contributed by atoms with Crippen LogP contribution in [-0.2, 0) is 9.53 Å².